The molecule has 78 valence electrons. The highest BCUT2D eigenvalue weighted by Crippen LogP contribution is 2.07. The Balaban J connectivity index is 1.98. The van der Waals surface area contributed by atoms with Gasteiger partial charge < -0.3 is 15.2 Å². The predicted octanol–water partition coefficient (Wildman–Crippen LogP) is 1.12. The molecule has 15 heavy (non-hydrogen) atoms. The maximum atomic E-state index is 4.94. The van der Waals surface area contributed by atoms with E-state index in [0.717, 1.165) is 11.6 Å². The van der Waals surface area contributed by atoms with Crippen LogP contribution in [0.1, 0.15) is 5.76 Å². The Hall–Kier alpha value is -2.11. The molecule has 0 radical (unpaired) electrons. The highest BCUT2D eigenvalue weighted by Gasteiger charge is 1.99. The van der Waals surface area contributed by atoms with Crippen molar-refractivity contribution in [2.75, 3.05) is 17.7 Å². The summed E-state index contributed by atoms with van der Waals surface area (Å²) >= 11 is 0. The maximum absolute atomic E-state index is 4.94. The van der Waals surface area contributed by atoms with Crippen LogP contribution >= 0.6 is 0 Å². The molecule has 6 nitrogen and oxygen atoms in total. The molecule has 0 aliphatic carbocycles. The van der Waals surface area contributed by atoms with Gasteiger partial charge in [-0.2, -0.15) is 4.98 Å². The SMILES string of the molecule is CNc1nccc(NCc2ccno2)n1. The van der Waals surface area contributed by atoms with Crippen LogP contribution in [0.3, 0.4) is 0 Å². The molecule has 0 aliphatic heterocycles. The topological polar surface area (TPSA) is 75.9 Å². The number of rotatable bonds is 4. The van der Waals surface area contributed by atoms with E-state index in [1.54, 1.807) is 31.6 Å². The molecule has 2 N–H and O–H groups in total. The van der Waals surface area contributed by atoms with Crippen LogP contribution in [0, 0.1) is 0 Å². The standard InChI is InChI=1S/C9H11N5O/c1-10-9-11-4-3-8(14-9)12-6-7-2-5-13-15-7/h2-5H,6H2,1H3,(H2,10,11,12,14). The minimum atomic E-state index is 0.556. The molecular formula is C9H11N5O. The molecule has 0 saturated heterocycles. The quantitative estimate of drug-likeness (QED) is 0.778. The summed E-state index contributed by atoms with van der Waals surface area (Å²) in [5.41, 5.74) is 0. The van der Waals surface area contributed by atoms with Crippen LogP contribution in [0.2, 0.25) is 0 Å². The van der Waals surface area contributed by atoms with E-state index in [-0.39, 0.29) is 0 Å². The molecule has 0 aliphatic rings. The summed E-state index contributed by atoms with van der Waals surface area (Å²) in [5, 5.41) is 9.57. The molecule has 6 heteroatoms. The second-order valence-corrected chi connectivity index (χ2v) is 2.85. The number of aromatic nitrogens is 3. The summed E-state index contributed by atoms with van der Waals surface area (Å²) in [6.45, 7) is 0.556. The van der Waals surface area contributed by atoms with Crippen molar-refractivity contribution in [3.63, 3.8) is 0 Å². The van der Waals surface area contributed by atoms with Crippen LogP contribution in [-0.4, -0.2) is 22.2 Å². The first kappa shape index (κ1) is 9.45. The first-order chi connectivity index (χ1) is 7.38. The van der Waals surface area contributed by atoms with Crippen molar-refractivity contribution < 1.29 is 4.52 Å². The Morgan fingerprint density at radius 1 is 1.33 bits per heavy atom. The van der Waals surface area contributed by atoms with E-state index in [4.69, 9.17) is 4.52 Å². The van der Waals surface area contributed by atoms with Crippen LogP contribution in [0.5, 0.6) is 0 Å². The third-order valence-corrected chi connectivity index (χ3v) is 1.81. The molecule has 0 bridgehead atoms. The highest BCUT2D eigenvalue weighted by molar-refractivity contribution is 5.39. The summed E-state index contributed by atoms with van der Waals surface area (Å²) in [7, 11) is 1.77. The van der Waals surface area contributed by atoms with E-state index in [1.807, 2.05) is 0 Å². The first-order valence-corrected chi connectivity index (χ1v) is 4.53. The van der Waals surface area contributed by atoms with Crippen LogP contribution in [0.4, 0.5) is 11.8 Å². The number of hydrogen-bond acceptors (Lipinski definition) is 6. The van der Waals surface area contributed by atoms with Gasteiger partial charge in [0.05, 0.1) is 12.7 Å². The van der Waals surface area contributed by atoms with Gasteiger partial charge in [-0.3, -0.25) is 0 Å². The minimum absolute atomic E-state index is 0.556. The fourth-order valence-corrected chi connectivity index (χ4v) is 1.09. The van der Waals surface area contributed by atoms with Gasteiger partial charge >= 0.3 is 0 Å². The van der Waals surface area contributed by atoms with Gasteiger partial charge in [0, 0.05) is 19.3 Å². The number of anilines is 2. The lowest BCUT2D eigenvalue weighted by molar-refractivity contribution is 0.388. The monoisotopic (exact) mass is 205 g/mol. The third-order valence-electron chi connectivity index (χ3n) is 1.81. The lowest BCUT2D eigenvalue weighted by Crippen LogP contribution is -2.03. The Bertz CT molecular complexity index is 414. The fourth-order valence-electron chi connectivity index (χ4n) is 1.09. The van der Waals surface area contributed by atoms with Gasteiger partial charge in [0.25, 0.3) is 0 Å². The van der Waals surface area contributed by atoms with E-state index in [2.05, 4.69) is 25.8 Å². The molecule has 0 fully saturated rings. The van der Waals surface area contributed by atoms with Crippen molar-refractivity contribution in [2.45, 2.75) is 6.54 Å². The van der Waals surface area contributed by atoms with Crippen LogP contribution < -0.4 is 10.6 Å². The molecule has 0 amide bonds. The van der Waals surface area contributed by atoms with Crippen molar-refractivity contribution in [1.29, 1.82) is 0 Å². The number of nitrogens with one attached hydrogen (secondary N) is 2. The number of hydrogen-bond donors (Lipinski definition) is 2. The number of nitrogens with zero attached hydrogens (tertiary/aromatic N) is 3. The summed E-state index contributed by atoms with van der Waals surface area (Å²) in [6, 6.07) is 3.59. The average Bonchev–Trinajstić information content (AvgIpc) is 2.79. The van der Waals surface area contributed by atoms with E-state index in [0.29, 0.717) is 12.5 Å². The van der Waals surface area contributed by atoms with E-state index in [1.165, 1.54) is 0 Å². The van der Waals surface area contributed by atoms with E-state index in [9.17, 15) is 0 Å². The zero-order valence-electron chi connectivity index (χ0n) is 8.27. The first-order valence-electron chi connectivity index (χ1n) is 4.53. The lowest BCUT2D eigenvalue weighted by atomic mass is 10.4. The van der Waals surface area contributed by atoms with Gasteiger partial charge in [-0.25, -0.2) is 4.98 Å². The van der Waals surface area contributed by atoms with Crippen LogP contribution in [0.25, 0.3) is 0 Å². The molecule has 0 unspecified atom stereocenters. The summed E-state index contributed by atoms with van der Waals surface area (Å²) in [5.74, 6) is 2.09. The summed E-state index contributed by atoms with van der Waals surface area (Å²) in [6.07, 6.45) is 3.29. The van der Waals surface area contributed by atoms with Crippen molar-refractivity contribution in [1.82, 2.24) is 15.1 Å². The van der Waals surface area contributed by atoms with Crippen molar-refractivity contribution in [2.24, 2.45) is 0 Å². The zero-order chi connectivity index (χ0) is 10.5. The van der Waals surface area contributed by atoms with Gasteiger partial charge in [-0.1, -0.05) is 5.16 Å². The van der Waals surface area contributed by atoms with Gasteiger partial charge in [0.15, 0.2) is 5.76 Å². The van der Waals surface area contributed by atoms with Crippen molar-refractivity contribution >= 4 is 11.8 Å². The van der Waals surface area contributed by atoms with Crippen molar-refractivity contribution in [3.05, 3.63) is 30.3 Å². The second kappa shape index (κ2) is 4.41. The molecule has 2 rings (SSSR count). The molecule has 2 aromatic heterocycles. The lowest BCUT2D eigenvalue weighted by Gasteiger charge is -2.03. The Labute approximate surface area is 86.7 Å². The molecule has 0 atom stereocenters. The maximum Gasteiger partial charge on any atom is 0.224 e. The third kappa shape index (κ3) is 2.43. The highest BCUT2D eigenvalue weighted by atomic mass is 16.5. The van der Waals surface area contributed by atoms with Crippen LogP contribution in [0.15, 0.2) is 29.0 Å². The van der Waals surface area contributed by atoms with Gasteiger partial charge in [0.2, 0.25) is 5.95 Å². The average molecular weight is 205 g/mol. The van der Waals surface area contributed by atoms with Gasteiger partial charge in [-0.15, -0.1) is 0 Å². The van der Waals surface area contributed by atoms with E-state index < -0.39 is 0 Å². The normalized spacial score (nSPS) is 9.93. The molecule has 0 spiro atoms. The second-order valence-electron chi connectivity index (χ2n) is 2.85. The van der Waals surface area contributed by atoms with Gasteiger partial charge in [-0.05, 0) is 6.07 Å². The largest absolute Gasteiger partial charge is 0.363 e. The van der Waals surface area contributed by atoms with E-state index >= 15 is 0 Å². The molecular weight excluding hydrogens is 194 g/mol. The van der Waals surface area contributed by atoms with Crippen LogP contribution in [-0.2, 0) is 6.54 Å². The Kier molecular flexibility index (Phi) is 2.77. The molecule has 2 aromatic rings. The fraction of sp³-hybridized carbons (Fsp3) is 0.222. The van der Waals surface area contributed by atoms with Gasteiger partial charge in [0.1, 0.15) is 5.82 Å². The Morgan fingerprint density at radius 2 is 2.27 bits per heavy atom. The Morgan fingerprint density at radius 3 is 3.00 bits per heavy atom. The summed E-state index contributed by atoms with van der Waals surface area (Å²) < 4.78 is 4.94. The smallest absolute Gasteiger partial charge is 0.224 e. The van der Waals surface area contributed by atoms with Crippen molar-refractivity contribution in [3.8, 4) is 0 Å². The predicted molar refractivity (Wildman–Crippen MR) is 55.4 cm³/mol. The zero-order valence-corrected chi connectivity index (χ0v) is 8.27. The molecule has 0 aromatic carbocycles. The minimum Gasteiger partial charge on any atom is -0.363 e. The summed E-state index contributed by atoms with van der Waals surface area (Å²) in [4.78, 5) is 8.20. The molecule has 2 heterocycles. The molecule has 0 saturated carbocycles.